The number of hydrogen-bond donors (Lipinski definition) is 2. The molecule has 0 fully saturated rings. The Balaban J connectivity index is 1.75. The van der Waals surface area contributed by atoms with Crippen molar-refractivity contribution in [2.45, 2.75) is 5.75 Å². The van der Waals surface area contributed by atoms with E-state index in [2.05, 4.69) is 17.4 Å². The van der Waals surface area contributed by atoms with Gasteiger partial charge in [-0.3, -0.25) is 25.8 Å². The van der Waals surface area contributed by atoms with E-state index < -0.39 is 4.92 Å². The molecule has 0 bridgehead atoms. The minimum Gasteiger partial charge on any atom is -0.299 e. The molecule has 0 aromatic heterocycles. The number of nitro groups is 1. The fraction of sp³-hybridized carbons (Fsp3) is 0.118. The van der Waals surface area contributed by atoms with Gasteiger partial charge in [0.05, 0.1) is 16.4 Å². The van der Waals surface area contributed by atoms with Crippen molar-refractivity contribution in [2.75, 3.05) is 5.75 Å². The molecule has 8 heteroatoms. The van der Waals surface area contributed by atoms with Crippen LogP contribution in [0.15, 0.2) is 55.1 Å². The second-order valence-corrected chi connectivity index (χ2v) is 6.50. The second kappa shape index (κ2) is 9.10. The molecule has 0 radical (unpaired) electrons. The van der Waals surface area contributed by atoms with E-state index in [1.54, 1.807) is 12.1 Å². The van der Waals surface area contributed by atoms with E-state index in [0.717, 1.165) is 5.56 Å². The van der Waals surface area contributed by atoms with Crippen molar-refractivity contribution in [3.8, 4) is 0 Å². The molecule has 2 aromatic carbocycles. The number of nitro benzene ring substituents is 1. The number of non-ortho nitro benzene ring substituents is 1. The number of carbonyl (C=O) groups excluding carboxylic acids is 1. The van der Waals surface area contributed by atoms with Crippen molar-refractivity contribution in [1.82, 2.24) is 10.9 Å². The van der Waals surface area contributed by atoms with Crippen molar-refractivity contribution in [1.29, 1.82) is 0 Å². The van der Waals surface area contributed by atoms with Crippen molar-refractivity contribution < 1.29 is 9.72 Å². The lowest BCUT2D eigenvalue weighted by molar-refractivity contribution is -0.384. The zero-order chi connectivity index (χ0) is 18.2. The van der Waals surface area contributed by atoms with E-state index in [9.17, 15) is 14.9 Å². The van der Waals surface area contributed by atoms with Crippen LogP contribution in [0.1, 0.15) is 11.1 Å². The number of carbonyl (C=O) groups is 1. The minimum atomic E-state index is -0.483. The molecule has 130 valence electrons. The smallest absolute Gasteiger partial charge is 0.270 e. The maximum Gasteiger partial charge on any atom is 0.270 e. The lowest BCUT2D eigenvalue weighted by Gasteiger charge is -2.11. The first-order chi connectivity index (χ1) is 12.0. The Bertz CT molecular complexity index is 781. The molecule has 2 rings (SSSR count). The number of amides is 1. The van der Waals surface area contributed by atoms with E-state index in [0.29, 0.717) is 22.0 Å². The Labute approximate surface area is 154 Å². The van der Waals surface area contributed by atoms with Crippen LogP contribution in [-0.2, 0) is 10.5 Å². The molecule has 0 atom stereocenters. The number of benzene rings is 2. The van der Waals surface area contributed by atoms with Gasteiger partial charge in [0.1, 0.15) is 0 Å². The predicted molar refractivity (Wildman–Crippen MR) is 101 cm³/mol. The maximum atomic E-state index is 11.8. The summed E-state index contributed by atoms with van der Waals surface area (Å²) in [5.41, 5.74) is 7.15. The molecular weight excluding hydrogens is 362 g/mol. The summed E-state index contributed by atoms with van der Waals surface area (Å²) < 4.78 is 0. The van der Waals surface area contributed by atoms with Gasteiger partial charge < -0.3 is 0 Å². The van der Waals surface area contributed by atoms with Gasteiger partial charge >= 0.3 is 0 Å². The van der Waals surface area contributed by atoms with Crippen LogP contribution in [0.5, 0.6) is 0 Å². The molecule has 6 nitrogen and oxygen atoms in total. The lowest BCUT2D eigenvalue weighted by Crippen LogP contribution is -2.37. The average Bonchev–Trinajstić information content (AvgIpc) is 2.61. The molecule has 0 aliphatic heterocycles. The maximum absolute atomic E-state index is 11.8. The van der Waals surface area contributed by atoms with Gasteiger partial charge in [-0.05, 0) is 17.7 Å². The molecule has 0 spiro atoms. The zero-order valence-corrected chi connectivity index (χ0v) is 14.8. The number of thioether (sulfide) groups is 1. The van der Waals surface area contributed by atoms with Gasteiger partial charge in [0.25, 0.3) is 5.69 Å². The topological polar surface area (TPSA) is 84.3 Å². The van der Waals surface area contributed by atoms with Gasteiger partial charge in [-0.2, -0.15) is 0 Å². The van der Waals surface area contributed by atoms with Crippen LogP contribution in [0.25, 0.3) is 5.70 Å². The van der Waals surface area contributed by atoms with E-state index in [1.807, 2.05) is 24.3 Å². The summed E-state index contributed by atoms with van der Waals surface area (Å²) in [4.78, 5) is 22.1. The summed E-state index contributed by atoms with van der Waals surface area (Å²) in [6.45, 7) is 3.77. The Morgan fingerprint density at radius 3 is 2.60 bits per heavy atom. The Kier molecular flexibility index (Phi) is 6.85. The van der Waals surface area contributed by atoms with Gasteiger partial charge in [-0.15, -0.1) is 11.8 Å². The van der Waals surface area contributed by atoms with Crippen molar-refractivity contribution in [3.63, 3.8) is 0 Å². The molecule has 0 saturated heterocycles. The normalized spacial score (nSPS) is 10.1. The number of nitrogens with one attached hydrogen (secondary N) is 2. The summed E-state index contributed by atoms with van der Waals surface area (Å²) in [6.07, 6.45) is 0. The van der Waals surface area contributed by atoms with Crippen molar-refractivity contribution >= 4 is 40.7 Å². The van der Waals surface area contributed by atoms with Crippen LogP contribution in [0.3, 0.4) is 0 Å². The number of halogens is 1. The van der Waals surface area contributed by atoms with Crippen LogP contribution in [0.2, 0.25) is 5.02 Å². The molecule has 25 heavy (non-hydrogen) atoms. The summed E-state index contributed by atoms with van der Waals surface area (Å²) in [5.74, 6) is 0.736. The zero-order valence-electron chi connectivity index (χ0n) is 13.2. The minimum absolute atomic E-state index is 0.0368. The second-order valence-electron chi connectivity index (χ2n) is 5.08. The van der Waals surface area contributed by atoms with Gasteiger partial charge in [0.2, 0.25) is 5.91 Å². The van der Waals surface area contributed by atoms with E-state index in [4.69, 9.17) is 11.6 Å². The molecule has 1 amide bonds. The van der Waals surface area contributed by atoms with Gasteiger partial charge in [0.15, 0.2) is 0 Å². The number of nitrogens with zero attached hydrogens (tertiary/aromatic N) is 1. The summed E-state index contributed by atoms with van der Waals surface area (Å²) in [6, 6.07) is 13.4. The number of hydrogen-bond acceptors (Lipinski definition) is 5. The average molecular weight is 378 g/mol. The highest BCUT2D eigenvalue weighted by molar-refractivity contribution is 7.99. The highest BCUT2D eigenvalue weighted by atomic mass is 35.5. The third-order valence-electron chi connectivity index (χ3n) is 3.17. The number of rotatable bonds is 8. The molecule has 2 N–H and O–H groups in total. The Morgan fingerprint density at radius 1 is 1.20 bits per heavy atom. The van der Waals surface area contributed by atoms with Gasteiger partial charge in [-0.1, -0.05) is 42.4 Å². The van der Waals surface area contributed by atoms with Crippen LogP contribution >= 0.6 is 23.4 Å². The highest BCUT2D eigenvalue weighted by Gasteiger charge is 2.08. The largest absolute Gasteiger partial charge is 0.299 e. The fourth-order valence-corrected chi connectivity index (χ4v) is 2.82. The molecule has 0 aliphatic carbocycles. The van der Waals surface area contributed by atoms with E-state index >= 15 is 0 Å². The van der Waals surface area contributed by atoms with Crippen LogP contribution in [-0.4, -0.2) is 16.6 Å². The van der Waals surface area contributed by atoms with Crippen LogP contribution in [0.4, 0.5) is 5.69 Å². The predicted octanol–water partition coefficient (Wildman–Crippen LogP) is 3.77. The highest BCUT2D eigenvalue weighted by Crippen LogP contribution is 2.17. The Hall–Kier alpha value is -2.51. The molecular formula is C17H16ClN3O3S. The molecule has 0 heterocycles. The number of hydrazine groups is 1. The first-order valence-corrected chi connectivity index (χ1v) is 8.80. The van der Waals surface area contributed by atoms with E-state index in [-0.39, 0.29) is 17.3 Å². The fourth-order valence-electron chi connectivity index (χ4n) is 1.90. The third-order valence-corrected chi connectivity index (χ3v) is 4.43. The summed E-state index contributed by atoms with van der Waals surface area (Å²) >= 11 is 7.28. The van der Waals surface area contributed by atoms with Crippen LogP contribution in [0, 0.1) is 10.1 Å². The SMILES string of the molecule is C=C(NNC(=O)CSCc1ccc(Cl)cc1)c1cccc([N+](=O)[O-])c1. The standard InChI is InChI=1S/C17H16ClN3O3S/c1-12(14-3-2-4-16(9-14)21(23)24)19-20-17(22)11-25-10-13-5-7-15(18)8-6-13/h2-9,19H,1,10-11H2,(H,20,22). The van der Waals surface area contributed by atoms with E-state index in [1.165, 1.54) is 23.9 Å². The molecule has 2 aromatic rings. The van der Waals surface area contributed by atoms with Gasteiger partial charge in [-0.25, -0.2) is 0 Å². The van der Waals surface area contributed by atoms with Crippen molar-refractivity contribution in [2.24, 2.45) is 0 Å². The molecule has 0 aliphatic rings. The lowest BCUT2D eigenvalue weighted by atomic mass is 10.1. The first kappa shape index (κ1) is 18.8. The van der Waals surface area contributed by atoms with Crippen LogP contribution < -0.4 is 10.9 Å². The molecule has 0 saturated carbocycles. The van der Waals surface area contributed by atoms with Gasteiger partial charge in [0, 0.05) is 28.5 Å². The first-order valence-electron chi connectivity index (χ1n) is 7.26. The molecule has 0 unspecified atom stereocenters. The monoisotopic (exact) mass is 377 g/mol. The summed E-state index contributed by atoms with van der Waals surface area (Å²) in [5, 5.41) is 11.4. The summed E-state index contributed by atoms with van der Waals surface area (Å²) in [7, 11) is 0. The quantitative estimate of drug-likeness (QED) is 0.540. The third kappa shape index (κ3) is 6.13. The van der Waals surface area contributed by atoms with Crippen molar-refractivity contribution in [3.05, 3.63) is 81.4 Å². The Morgan fingerprint density at radius 2 is 1.92 bits per heavy atom.